The maximum absolute atomic E-state index is 12.8. The fourth-order valence-corrected chi connectivity index (χ4v) is 3.33. The van der Waals surface area contributed by atoms with Crippen molar-refractivity contribution >= 4 is 23.4 Å². The Hall–Kier alpha value is -2.81. The van der Waals surface area contributed by atoms with E-state index in [1.165, 1.54) is 4.90 Å². The molecule has 0 spiro atoms. The van der Waals surface area contributed by atoms with E-state index in [1.54, 1.807) is 18.2 Å². The van der Waals surface area contributed by atoms with Crippen LogP contribution < -0.4 is 20.1 Å². The first-order chi connectivity index (χ1) is 14.2. The lowest BCUT2D eigenvalue weighted by Gasteiger charge is -2.27. The number of hydrogen-bond acceptors (Lipinski definition) is 6. The third-order valence-electron chi connectivity index (χ3n) is 4.58. The molecule has 2 heterocycles. The van der Waals surface area contributed by atoms with E-state index in [9.17, 15) is 14.4 Å². The zero-order valence-electron chi connectivity index (χ0n) is 17.7. The molecule has 2 N–H and O–H groups in total. The highest BCUT2D eigenvalue weighted by Gasteiger charge is 2.29. The van der Waals surface area contributed by atoms with Crippen LogP contribution in [0.25, 0.3) is 0 Å². The smallest absolute Gasteiger partial charge is 0.313 e. The van der Waals surface area contributed by atoms with Crippen LogP contribution in [0.15, 0.2) is 18.2 Å². The van der Waals surface area contributed by atoms with E-state index >= 15 is 0 Å². The third kappa shape index (κ3) is 6.09. The summed E-state index contributed by atoms with van der Waals surface area (Å²) in [5, 5.41) is 5.40. The minimum absolute atomic E-state index is 0.182. The molecule has 0 radical (unpaired) electrons. The van der Waals surface area contributed by atoms with Crippen molar-refractivity contribution in [1.82, 2.24) is 10.2 Å². The number of anilines is 1. The normalized spacial score (nSPS) is 17.9. The summed E-state index contributed by atoms with van der Waals surface area (Å²) in [6.45, 7) is 7.02. The van der Waals surface area contributed by atoms with Crippen LogP contribution in [0.3, 0.4) is 0 Å². The predicted octanol–water partition coefficient (Wildman–Crippen LogP) is 1.32. The van der Waals surface area contributed by atoms with Gasteiger partial charge in [0.15, 0.2) is 11.5 Å². The molecular formula is C21H29N3O6. The largest absolute Gasteiger partial charge is 0.486 e. The van der Waals surface area contributed by atoms with E-state index in [0.29, 0.717) is 37.0 Å². The van der Waals surface area contributed by atoms with E-state index in [1.807, 2.05) is 20.8 Å². The summed E-state index contributed by atoms with van der Waals surface area (Å²) in [4.78, 5) is 39.1. The molecule has 2 aliphatic heterocycles. The second-order valence-electron chi connectivity index (χ2n) is 8.43. The van der Waals surface area contributed by atoms with Crippen LogP contribution in [0.4, 0.5) is 5.69 Å². The lowest BCUT2D eigenvalue weighted by molar-refractivity contribution is -0.146. The van der Waals surface area contributed by atoms with E-state index in [-0.39, 0.29) is 25.1 Å². The summed E-state index contributed by atoms with van der Waals surface area (Å²) >= 11 is 0. The molecule has 9 nitrogen and oxygen atoms in total. The maximum Gasteiger partial charge on any atom is 0.313 e. The van der Waals surface area contributed by atoms with Crippen molar-refractivity contribution in [3.05, 3.63) is 18.2 Å². The summed E-state index contributed by atoms with van der Waals surface area (Å²) in [7, 11) is 0. The van der Waals surface area contributed by atoms with Crippen LogP contribution in [0.5, 0.6) is 11.5 Å². The Kier molecular flexibility index (Phi) is 6.81. The predicted molar refractivity (Wildman–Crippen MR) is 110 cm³/mol. The molecule has 164 valence electrons. The van der Waals surface area contributed by atoms with Gasteiger partial charge in [-0.05, 0) is 45.7 Å². The number of rotatable bonds is 5. The molecule has 3 amide bonds. The zero-order chi connectivity index (χ0) is 21.7. The fourth-order valence-electron chi connectivity index (χ4n) is 3.33. The molecule has 1 fully saturated rings. The van der Waals surface area contributed by atoms with E-state index < -0.39 is 17.4 Å². The average molecular weight is 419 g/mol. The Morgan fingerprint density at radius 1 is 1.10 bits per heavy atom. The van der Waals surface area contributed by atoms with Crippen LogP contribution in [0, 0.1) is 0 Å². The highest BCUT2D eigenvalue weighted by molar-refractivity contribution is 6.39. The number of amides is 3. The highest BCUT2D eigenvalue weighted by atomic mass is 16.6. The minimum atomic E-state index is -0.826. The van der Waals surface area contributed by atoms with Gasteiger partial charge in [0.05, 0.1) is 6.10 Å². The van der Waals surface area contributed by atoms with Crippen molar-refractivity contribution in [2.45, 2.75) is 45.3 Å². The van der Waals surface area contributed by atoms with Gasteiger partial charge in [-0.2, -0.15) is 0 Å². The van der Waals surface area contributed by atoms with Crippen molar-refractivity contribution in [3.8, 4) is 11.5 Å². The van der Waals surface area contributed by atoms with E-state index in [4.69, 9.17) is 14.2 Å². The molecule has 9 heteroatoms. The lowest BCUT2D eigenvalue weighted by atomic mass is 10.1. The molecule has 0 unspecified atom stereocenters. The minimum Gasteiger partial charge on any atom is -0.486 e. The van der Waals surface area contributed by atoms with Crippen LogP contribution in [-0.2, 0) is 19.1 Å². The molecule has 0 saturated carbocycles. The van der Waals surface area contributed by atoms with Gasteiger partial charge >= 0.3 is 11.8 Å². The molecule has 0 aliphatic carbocycles. The zero-order valence-corrected chi connectivity index (χ0v) is 17.7. The van der Waals surface area contributed by atoms with Gasteiger partial charge in [-0.1, -0.05) is 0 Å². The average Bonchev–Trinajstić information content (AvgIpc) is 3.18. The highest BCUT2D eigenvalue weighted by Crippen LogP contribution is 2.32. The van der Waals surface area contributed by atoms with Crippen molar-refractivity contribution in [1.29, 1.82) is 0 Å². The van der Waals surface area contributed by atoms with E-state index in [2.05, 4.69) is 10.6 Å². The first-order valence-electron chi connectivity index (χ1n) is 10.1. The van der Waals surface area contributed by atoms with Crippen LogP contribution >= 0.6 is 0 Å². The Morgan fingerprint density at radius 3 is 2.50 bits per heavy atom. The van der Waals surface area contributed by atoms with Crippen LogP contribution in [-0.4, -0.2) is 67.2 Å². The number of nitrogens with zero attached hydrogens (tertiary/aromatic N) is 1. The molecule has 0 bridgehead atoms. The number of nitrogens with one attached hydrogen (secondary N) is 2. The van der Waals surface area contributed by atoms with Gasteiger partial charge in [0.25, 0.3) is 0 Å². The van der Waals surface area contributed by atoms with Crippen molar-refractivity contribution < 1.29 is 28.6 Å². The monoisotopic (exact) mass is 419 g/mol. The molecule has 1 aromatic carbocycles. The third-order valence-corrected chi connectivity index (χ3v) is 4.58. The van der Waals surface area contributed by atoms with Crippen LogP contribution in [0.1, 0.15) is 33.6 Å². The van der Waals surface area contributed by atoms with Gasteiger partial charge < -0.3 is 29.7 Å². The Labute approximate surface area is 176 Å². The summed E-state index contributed by atoms with van der Waals surface area (Å²) in [6.07, 6.45) is 1.50. The van der Waals surface area contributed by atoms with Gasteiger partial charge in [-0.15, -0.1) is 0 Å². The molecule has 1 aromatic rings. The SMILES string of the molecule is CC(C)(C)NC(=O)CN(C[C@H]1CCCO1)C(=O)C(=O)Nc1ccc2c(c1)OCCO2. The summed E-state index contributed by atoms with van der Waals surface area (Å²) < 4.78 is 16.5. The Balaban J connectivity index is 1.67. The van der Waals surface area contributed by atoms with Gasteiger partial charge in [-0.25, -0.2) is 0 Å². The molecule has 2 aliphatic rings. The molecular weight excluding hydrogens is 390 g/mol. The number of hydrogen-bond donors (Lipinski definition) is 2. The fraction of sp³-hybridized carbons (Fsp3) is 0.571. The number of carbonyl (C=O) groups is 3. The molecule has 1 atom stereocenters. The first-order valence-corrected chi connectivity index (χ1v) is 10.1. The molecule has 3 rings (SSSR count). The van der Waals surface area contributed by atoms with Crippen molar-refractivity contribution in [3.63, 3.8) is 0 Å². The number of ether oxygens (including phenoxy) is 3. The molecule has 0 aromatic heterocycles. The van der Waals surface area contributed by atoms with Crippen molar-refractivity contribution in [2.24, 2.45) is 0 Å². The summed E-state index contributed by atoms with van der Waals surface area (Å²) in [6, 6.07) is 4.92. The standard InChI is InChI=1S/C21H29N3O6/c1-21(2,3)23-18(25)13-24(12-15-5-4-8-28-15)20(27)19(26)22-14-6-7-16-17(11-14)30-10-9-29-16/h6-7,11,15H,4-5,8-10,12-13H2,1-3H3,(H,22,26)(H,23,25)/t15-/m1/s1. The Morgan fingerprint density at radius 2 is 1.83 bits per heavy atom. The van der Waals surface area contributed by atoms with Crippen LogP contribution in [0.2, 0.25) is 0 Å². The lowest BCUT2D eigenvalue weighted by Crippen LogP contribution is -2.51. The van der Waals surface area contributed by atoms with Crippen molar-refractivity contribution in [2.75, 3.05) is 38.2 Å². The van der Waals surface area contributed by atoms with Gasteiger partial charge in [0.2, 0.25) is 5.91 Å². The number of carbonyl (C=O) groups excluding carboxylic acids is 3. The quantitative estimate of drug-likeness (QED) is 0.698. The van der Waals surface area contributed by atoms with Gasteiger partial charge in [-0.3, -0.25) is 14.4 Å². The second-order valence-corrected chi connectivity index (χ2v) is 8.43. The van der Waals surface area contributed by atoms with Gasteiger partial charge in [0.1, 0.15) is 19.8 Å². The second kappa shape index (κ2) is 9.34. The topological polar surface area (TPSA) is 106 Å². The molecule has 30 heavy (non-hydrogen) atoms. The molecule has 1 saturated heterocycles. The first kappa shape index (κ1) is 21.9. The number of benzene rings is 1. The summed E-state index contributed by atoms with van der Waals surface area (Å²) in [5.41, 5.74) is -0.0304. The van der Waals surface area contributed by atoms with E-state index in [0.717, 1.165) is 12.8 Å². The summed E-state index contributed by atoms with van der Waals surface area (Å²) in [5.74, 6) is -0.852. The Bertz CT molecular complexity index is 798. The van der Waals surface area contributed by atoms with Gasteiger partial charge in [0, 0.05) is 30.4 Å². The maximum atomic E-state index is 12.8. The number of fused-ring (bicyclic) bond motifs is 1.